The maximum atomic E-state index is 12.4. The van der Waals surface area contributed by atoms with Crippen molar-refractivity contribution in [3.8, 4) is 0 Å². The third-order valence-electron chi connectivity index (χ3n) is 4.77. The number of piperidine rings is 1. The number of rotatable bonds is 6. The quantitative estimate of drug-likeness (QED) is 0.873. The molecule has 0 radical (unpaired) electrons. The number of benzene rings is 2. The van der Waals surface area contributed by atoms with Crippen molar-refractivity contribution in [3.63, 3.8) is 0 Å². The van der Waals surface area contributed by atoms with Gasteiger partial charge in [0.05, 0.1) is 18.8 Å². The first-order chi connectivity index (χ1) is 12.2. The summed E-state index contributed by atoms with van der Waals surface area (Å²) >= 11 is 0. The molecule has 1 saturated heterocycles. The molecule has 0 saturated carbocycles. The second-order valence-corrected chi connectivity index (χ2v) is 6.56. The summed E-state index contributed by atoms with van der Waals surface area (Å²) in [5, 5.41) is 2.98. The predicted molar refractivity (Wildman–Crippen MR) is 100 cm³/mol. The maximum Gasteiger partial charge on any atom is 0.241 e. The van der Waals surface area contributed by atoms with Gasteiger partial charge in [-0.25, -0.2) is 0 Å². The average Bonchev–Trinajstić information content (AvgIpc) is 2.68. The highest BCUT2D eigenvalue weighted by Crippen LogP contribution is 2.18. The van der Waals surface area contributed by atoms with E-state index in [0.717, 1.165) is 31.6 Å². The molecule has 132 valence electrons. The second-order valence-electron chi connectivity index (χ2n) is 6.56. The van der Waals surface area contributed by atoms with Gasteiger partial charge in [0.2, 0.25) is 5.91 Å². The Morgan fingerprint density at radius 1 is 1.08 bits per heavy atom. The molecule has 2 aromatic carbocycles. The number of carbonyl (C=O) groups excluding carboxylic acids is 1. The molecular weight excluding hydrogens is 312 g/mol. The van der Waals surface area contributed by atoms with Crippen molar-refractivity contribution in [2.45, 2.75) is 38.5 Å². The van der Waals surface area contributed by atoms with Crippen LogP contribution in [0.15, 0.2) is 60.7 Å². The molecule has 25 heavy (non-hydrogen) atoms. The van der Waals surface area contributed by atoms with Crippen LogP contribution in [0.5, 0.6) is 0 Å². The molecule has 4 nitrogen and oxygen atoms in total. The van der Waals surface area contributed by atoms with Gasteiger partial charge in [0.15, 0.2) is 0 Å². The number of para-hydroxylation sites is 1. The standard InChI is InChI=1S/C21H26N2O2/c1-17(21(24)22-19-10-6-3-7-11-19)23-14-12-20(13-15-23)25-16-18-8-4-2-5-9-18/h2-11,17,20H,12-16H2,1H3,(H,22,24)/t17-/m0/s1. The minimum absolute atomic E-state index is 0.0508. The molecule has 3 rings (SSSR count). The Morgan fingerprint density at radius 2 is 1.68 bits per heavy atom. The molecule has 1 heterocycles. The fourth-order valence-corrected chi connectivity index (χ4v) is 3.15. The van der Waals surface area contributed by atoms with E-state index in [1.807, 2.05) is 55.5 Å². The summed E-state index contributed by atoms with van der Waals surface area (Å²) in [6, 6.07) is 19.8. The van der Waals surface area contributed by atoms with Crippen molar-refractivity contribution in [2.24, 2.45) is 0 Å². The van der Waals surface area contributed by atoms with E-state index >= 15 is 0 Å². The van der Waals surface area contributed by atoms with E-state index in [1.54, 1.807) is 0 Å². The molecule has 1 amide bonds. The van der Waals surface area contributed by atoms with E-state index in [1.165, 1.54) is 5.56 Å². The second kappa shape index (κ2) is 8.79. The van der Waals surface area contributed by atoms with E-state index < -0.39 is 0 Å². The van der Waals surface area contributed by atoms with Gasteiger partial charge in [-0.15, -0.1) is 0 Å². The van der Waals surface area contributed by atoms with Crippen molar-refractivity contribution in [1.29, 1.82) is 0 Å². The lowest BCUT2D eigenvalue weighted by Crippen LogP contribution is -2.47. The molecule has 4 heteroatoms. The normalized spacial score (nSPS) is 17.2. The molecule has 0 spiro atoms. The third kappa shape index (κ3) is 5.15. The SMILES string of the molecule is C[C@@H](C(=O)Nc1ccccc1)N1CCC(OCc2ccccc2)CC1. The number of carbonyl (C=O) groups is 1. The first-order valence-electron chi connectivity index (χ1n) is 8.98. The molecule has 1 atom stereocenters. The number of nitrogens with zero attached hydrogens (tertiary/aromatic N) is 1. The van der Waals surface area contributed by atoms with E-state index in [2.05, 4.69) is 22.3 Å². The van der Waals surface area contributed by atoms with E-state index in [9.17, 15) is 4.79 Å². The van der Waals surface area contributed by atoms with Crippen LogP contribution in [0.25, 0.3) is 0 Å². The van der Waals surface area contributed by atoms with Crippen LogP contribution in [0.1, 0.15) is 25.3 Å². The summed E-state index contributed by atoms with van der Waals surface area (Å²) in [6.45, 7) is 4.42. The predicted octanol–water partition coefficient (Wildman–Crippen LogP) is 3.69. The van der Waals surface area contributed by atoms with Crippen LogP contribution < -0.4 is 5.32 Å². The maximum absolute atomic E-state index is 12.4. The molecular formula is C21H26N2O2. The van der Waals surface area contributed by atoms with E-state index in [-0.39, 0.29) is 18.1 Å². The Bertz CT molecular complexity index is 652. The molecule has 1 aliphatic rings. The monoisotopic (exact) mass is 338 g/mol. The first kappa shape index (κ1) is 17.6. The topological polar surface area (TPSA) is 41.6 Å². The zero-order valence-corrected chi connectivity index (χ0v) is 14.7. The van der Waals surface area contributed by atoms with Crippen LogP contribution >= 0.6 is 0 Å². The Balaban J connectivity index is 1.42. The average molecular weight is 338 g/mol. The fraction of sp³-hybridized carbons (Fsp3) is 0.381. The molecule has 0 bridgehead atoms. The van der Waals surface area contributed by atoms with Gasteiger partial charge < -0.3 is 10.1 Å². The van der Waals surface area contributed by atoms with Gasteiger partial charge in [0, 0.05) is 18.8 Å². The fourth-order valence-electron chi connectivity index (χ4n) is 3.15. The number of nitrogens with one attached hydrogen (secondary N) is 1. The third-order valence-corrected chi connectivity index (χ3v) is 4.77. The van der Waals surface area contributed by atoms with Crippen molar-refractivity contribution in [2.75, 3.05) is 18.4 Å². The minimum Gasteiger partial charge on any atom is -0.373 e. The van der Waals surface area contributed by atoms with Crippen molar-refractivity contribution < 1.29 is 9.53 Å². The number of hydrogen-bond donors (Lipinski definition) is 1. The summed E-state index contributed by atoms with van der Waals surface area (Å²) in [6.07, 6.45) is 2.21. The summed E-state index contributed by atoms with van der Waals surface area (Å²) in [4.78, 5) is 14.7. The highest BCUT2D eigenvalue weighted by molar-refractivity contribution is 5.94. The minimum atomic E-state index is -0.129. The Hall–Kier alpha value is -2.17. The number of hydrogen-bond acceptors (Lipinski definition) is 3. The zero-order chi connectivity index (χ0) is 17.5. The van der Waals surface area contributed by atoms with Gasteiger partial charge in [-0.3, -0.25) is 9.69 Å². The molecule has 2 aromatic rings. The van der Waals surface area contributed by atoms with Gasteiger partial charge in [-0.2, -0.15) is 0 Å². The highest BCUT2D eigenvalue weighted by atomic mass is 16.5. The van der Waals surface area contributed by atoms with Crippen molar-refractivity contribution in [3.05, 3.63) is 66.2 Å². The molecule has 1 fully saturated rings. The lowest BCUT2D eigenvalue weighted by atomic mass is 10.1. The molecule has 1 N–H and O–H groups in total. The number of ether oxygens (including phenoxy) is 1. The van der Waals surface area contributed by atoms with Gasteiger partial charge in [0.25, 0.3) is 0 Å². The molecule has 0 aliphatic carbocycles. The number of amides is 1. The summed E-state index contributed by atoms with van der Waals surface area (Å²) < 4.78 is 6.03. The van der Waals surface area contributed by atoms with E-state index in [0.29, 0.717) is 6.61 Å². The van der Waals surface area contributed by atoms with Gasteiger partial charge in [0.1, 0.15) is 0 Å². The Morgan fingerprint density at radius 3 is 2.32 bits per heavy atom. The Kier molecular flexibility index (Phi) is 6.20. The highest BCUT2D eigenvalue weighted by Gasteiger charge is 2.27. The van der Waals surface area contributed by atoms with Crippen LogP contribution in [-0.2, 0) is 16.1 Å². The molecule has 0 aromatic heterocycles. The lowest BCUT2D eigenvalue weighted by molar-refractivity contribution is -0.122. The zero-order valence-electron chi connectivity index (χ0n) is 14.7. The summed E-state index contributed by atoms with van der Waals surface area (Å²) in [5.74, 6) is 0.0508. The van der Waals surface area contributed by atoms with Crippen LogP contribution in [0.4, 0.5) is 5.69 Å². The number of anilines is 1. The van der Waals surface area contributed by atoms with Gasteiger partial charge >= 0.3 is 0 Å². The van der Waals surface area contributed by atoms with Gasteiger partial charge in [-0.05, 0) is 37.5 Å². The Labute approximate surface area is 149 Å². The summed E-state index contributed by atoms with van der Waals surface area (Å²) in [7, 11) is 0. The van der Waals surface area contributed by atoms with Crippen LogP contribution in [0.2, 0.25) is 0 Å². The van der Waals surface area contributed by atoms with Crippen LogP contribution in [0, 0.1) is 0 Å². The number of likely N-dealkylation sites (tertiary alicyclic amines) is 1. The largest absolute Gasteiger partial charge is 0.373 e. The molecule has 0 unspecified atom stereocenters. The lowest BCUT2D eigenvalue weighted by Gasteiger charge is -2.35. The van der Waals surface area contributed by atoms with Crippen LogP contribution in [0.3, 0.4) is 0 Å². The smallest absolute Gasteiger partial charge is 0.241 e. The van der Waals surface area contributed by atoms with Crippen LogP contribution in [-0.4, -0.2) is 36.0 Å². The van der Waals surface area contributed by atoms with Crippen molar-refractivity contribution in [1.82, 2.24) is 4.90 Å². The first-order valence-corrected chi connectivity index (χ1v) is 8.98. The van der Waals surface area contributed by atoms with E-state index in [4.69, 9.17) is 4.74 Å². The molecule has 1 aliphatic heterocycles. The van der Waals surface area contributed by atoms with Crippen molar-refractivity contribution >= 4 is 11.6 Å². The van der Waals surface area contributed by atoms with Gasteiger partial charge in [-0.1, -0.05) is 48.5 Å². The summed E-state index contributed by atoms with van der Waals surface area (Å²) in [5.41, 5.74) is 2.06.